The molecule has 1 aliphatic heterocycles. The van der Waals surface area contributed by atoms with Crippen LogP contribution < -0.4 is 21.3 Å². The number of amides is 2. The highest BCUT2D eigenvalue weighted by molar-refractivity contribution is 6.06. The van der Waals surface area contributed by atoms with Crippen LogP contribution in [-0.2, 0) is 0 Å². The number of benzene rings is 2. The highest BCUT2D eigenvalue weighted by Crippen LogP contribution is 2.24. The molecule has 0 radical (unpaired) electrons. The fourth-order valence-electron chi connectivity index (χ4n) is 4.39. The van der Waals surface area contributed by atoms with E-state index in [1.807, 2.05) is 13.0 Å². The number of aliphatic hydroxyl groups is 1. The summed E-state index contributed by atoms with van der Waals surface area (Å²) in [4.78, 5) is 41.1. The zero-order chi connectivity index (χ0) is 24.9. The molecule has 4 rings (SSSR count). The number of aliphatic hydroxyl groups excluding tert-OH is 1. The van der Waals surface area contributed by atoms with Gasteiger partial charge in [-0.15, -0.1) is 0 Å². The van der Waals surface area contributed by atoms with E-state index in [0.29, 0.717) is 34.2 Å². The number of carbonyl (C=O) groups excluding carboxylic acids is 2. The van der Waals surface area contributed by atoms with Crippen molar-refractivity contribution in [2.75, 3.05) is 26.2 Å². The van der Waals surface area contributed by atoms with Gasteiger partial charge in [0.15, 0.2) is 0 Å². The molecule has 9 heteroatoms. The van der Waals surface area contributed by atoms with E-state index in [1.54, 1.807) is 36.4 Å². The average Bonchev–Trinajstić information content (AvgIpc) is 2.85. The van der Waals surface area contributed by atoms with E-state index in [-0.39, 0.29) is 24.1 Å². The fraction of sp³-hybridized carbons (Fsp3) is 0.346. The van der Waals surface area contributed by atoms with Gasteiger partial charge in [0.2, 0.25) is 0 Å². The lowest BCUT2D eigenvalue weighted by Crippen LogP contribution is -2.45. The second-order valence-electron chi connectivity index (χ2n) is 8.92. The Morgan fingerprint density at radius 3 is 2.60 bits per heavy atom. The van der Waals surface area contributed by atoms with Crippen molar-refractivity contribution < 1.29 is 19.4 Å². The Morgan fingerprint density at radius 1 is 1.17 bits per heavy atom. The van der Waals surface area contributed by atoms with Crippen LogP contribution in [0.15, 0.2) is 53.5 Å². The fourth-order valence-corrected chi connectivity index (χ4v) is 4.39. The summed E-state index contributed by atoms with van der Waals surface area (Å²) in [6.07, 6.45) is 2.10. The quantitative estimate of drug-likeness (QED) is 0.388. The summed E-state index contributed by atoms with van der Waals surface area (Å²) in [6.45, 7) is 3.84. The van der Waals surface area contributed by atoms with Gasteiger partial charge in [0.25, 0.3) is 17.4 Å². The summed E-state index contributed by atoms with van der Waals surface area (Å²) in [5, 5.41) is 14.3. The number of aryl methyl sites for hydroxylation is 1. The molecular weight excluding hydrogens is 448 g/mol. The minimum atomic E-state index is -0.746. The van der Waals surface area contributed by atoms with Gasteiger partial charge >= 0.3 is 0 Å². The third-order valence-electron chi connectivity index (χ3n) is 6.25. The maximum atomic E-state index is 12.7. The first-order chi connectivity index (χ1) is 16.8. The lowest BCUT2D eigenvalue weighted by atomic mass is 10.1. The molecule has 1 atom stereocenters. The minimum absolute atomic E-state index is 0.0441. The number of nitrogens with two attached hydrogens (primary N) is 1. The van der Waals surface area contributed by atoms with Crippen LogP contribution in [-0.4, -0.2) is 65.2 Å². The molecule has 5 N–H and O–H groups in total. The van der Waals surface area contributed by atoms with E-state index in [9.17, 15) is 19.5 Å². The van der Waals surface area contributed by atoms with Crippen molar-refractivity contribution in [2.24, 2.45) is 5.73 Å². The van der Waals surface area contributed by atoms with E-state index in [0.717, 1.165) is 31.5 Å². The van der Waals surface area contributed by atoms with Gasteiger partial charge in [0.1, 0.15) is 11.9 Å². The number of likely N-dealkylation sites (tertiary alicyclic amines) is 1. The molecule has 1 aliphatic rings. The van der Waals surface area contributed by atoms with Crippen LogP contribution in [0.4, 0.5) is 0 Å². The second kappa shape index (κ2) is 10.7. The van der Waals surface area contributed by atoms with Gasteiger partial charge in [-0.25, -0.2) is 0 Å². The monoisotopic (exact) mass is 478 g/mol. The van der Waals surface area contributed by atoms with Crippen molar-refractivity contribution in [3.8, 4) is 5.75 Å². The Hall–Kier alpha value is -3.69. The molecule has 1 aromatic heterocycles. The molecule has 184 valence electrons. The maximum Gasteiger partial charge on any atom is 0.255 e. The van der Waals surface area contributed by atoms with E-state index in [4.69, 9.17) is 10.5 Å². The number of primary amides is 1. The summed E-state index contributed by atoms with van der Waals surface area (Å²) in [7, 11) is 0. The summed E-state index contributed by atoms with van der Waals surface area (Å²) in [6, 6.07) is 12.3. The third-order valence-corrected chi connectivity index (χ3v) is 6.25. The van der Waals surface area contributed by atoms with Gasteiger partial charge < -0.3 is 30.8 Å². The van der Waals surface area contributed by atoms with Crippen LogP contribution in [0.1, 0.15) is 39.1 Å². The smallest absolute Gasteiger partial charge is 0.255 e. The molecule has 2 aromatic carbocycles. The molecule has 0 spiro atoms. The lowest BCUT2D eigenvalue weighted by molar-refractivity contribution is 0.0589. The Labute approximate surface area is 202 Å². The number of piperidine rings is 1. The van der Waals surface area contributed by atoms with Crippen LogP contribution in [0.5, 0.6) is 5.75 Å². The molecule has 0 bridgehead atoms. The largest absolute Gasteiger partial charge is 0.489 e. The van der Waals surface area contributed by atoms with Crippen LogP contribution in [0, 0.1) is 6.92 Å². The first-order valence-electron chi connectivity index (χ1n) is 11.7. The number of pyridine rings is 1. The normalized spacial score (nSPS) is 15.6. The van der Waals surface area contributed by atoms with Gasteiger partial charge in [-0.05, 0) is 38.0 Å². The van der Waals surface area contributed by atoms with Crippen LogP contribution in [0.2, 0.25) is 0 Å². The van der Waals surface area contributed by atoms with Gasteiger partial charge in [0, 0.05) is 43.1 Å². The SMILES string of the molecule is Cc1ccc(OC2CCN(C[C@H](O)CNC(=O)c3c[nH]c(=O)c4ccccc34)CC2)c(C(N)=O)c1. The van der Waals surface area contributed by atoms with E-state index >= 15 is 0 Å². The predicted molar refractivity (Wildman–Crippen MR) is 133 cm³/mol. The maximum absolute atomic E-state index is 12.7. The molecule has 2 amide bonds. The number of nitrogens with zero attached hydrogens (tertiary/aromatic N) is 1. The van der Waals surface area contributed by atoms with Gasteiger partial charge in [-0.1, -0.05) is 29.8 Å². The van der Waals surface area contributed by atoms with E-state index < -0.39 is 12.0 Å². The number of rotatable bonds is 8. The molecule has 0 saturated carbocycles. The lowest BCUT2D eigenvalue weighted by Gasteiger charge is -2.33. The Bertz CT molecular complexity index is 1280. The number of nitrogens with one attached hydrogen (secondary N) is 2. The Balaban J connectivity index is 1.26. The Morgan fingerprint density at radius 2 is 1.89 bits per heavy atom. The first-order valence-corrected chi connectivity index (χ1v) is 11.7. The number of fused-ring (bicyclic) bond motifs is 1. The van der Waals surface area contributed by atoms with Crippen molar-refractivity contribution in [3.63, 3.8) is 0 Å². The zero-order valence-electron chi connectivity index (χ0n) is 19.6. The first kappa shape index (κ1) is 24.4. The molecule has 1 saturated heterocycles. The molecule has 35 heavy (non-hydrogen) atoms. The molecule has 3 aromatic rings. The number of β-amino-alcohol motifs (C(OH)–C–C–N with tert-alkyl or cyclic N) is 1. The number of ether oxygens (including phenoxy) is 1. The third kappa shape index (κ3) is 5.87. The van der Waals surface area contributed by atoms with Gasteiger partial charge in [-0.3, -0.25) is 14.4 Å². The van der Waals surface area contributed by atoms with E-state index in [2.05, 4.69) is 15.2 Å². The molecule has 9 nitrogen and oxygen atoms in total. The van der Waals surface area contributed by atoms with Gasteiger partial charge in [-0.2, -0.15) is 0 Å². The van der Waals surface area contributed by atoms with Crippen molar-refractivity contribution in [1.82, 2.24) is 15.2 Å². The molecule has 1 fully saturated rings. The summed E-state index contributed by atoms with van der Waals surface area (Å²) < 4.78 is 6.06. The topological polar surface area (TPSA) is 138 Å². The Kier molecular flexibility index (Phi) is 7.48. The molecule has 0 unspecified atom stereocenters. The number of hydrogen-bond donors (Lipinski definition) is 4. The molecule has 0 aliphatic carbocycles. The summed E-state index contributed by atoms with van der Waals surface area (Å²) in [5.41, 5.74) is 6.92. The van der Waals surface area contributed by atoms with Crippen molar-refractivity contribution in [2.45, 2.75) is 32.0 Å². The van der Waals surface area contributed by atoms with Crippen LogP contribution in [0.3, 0.4) is 0 Å². The number of carbonyl (C=O) groups is 2. The van der Waals surface area contributed by atoms with Gasteiger partial charge in [0.05, 0.1) is 17.2 Å². The zero-order valence-corrected chi connectivity index (χ0v) is 19.6. The highest BCUT2D eigenvalue weighted by Gasteiger charge is 2.24. The van der Waals surface area contributed by atoms with Crippen molar-refractivity contribution in [3.05, 3.63) is 75.7 Å². The molecule has 2 heterocycles. The summed E-state index contributed by atoms with van der Waals surface area (Å²) in [5.74, 6) is -0.368. The highest BCUT2D eigenvalue weighted by atomic mass is 16.5. The average molecular weight is 479 g/mol. The second-order valence-corrected chi connectivity index (χ2v) is 8.92. The summed E-state index contributed by atoms with van der Waals surface area (Å²) >= 11 is 0. The standard InChI is InChI=1S/C26H30N4O5/c1-16-6-7-23(21(12-16)24(27)32)35-18-8-10-30(11-9-18)15-17(31)13-28-26(34)22-14-29-25(33)20-5-3-2-4-19(20)22/h2-7,12,14,17-18,31H,8-11,13,15H2,1H3,(H2,27,32)(H,28,34)(H,29,33)/t17-/m1/s1. The van der Waals surface area contributed by atoms with Crippen LogP contribution >= 0.6 is 0 Å². The number of aromatic nitrogens is 1. The predicted octanol–water partition coefficient (Wildman–Crippen LogP) is 1.57. The minimum Gasteiger partial charge on any atom is -0.489 e. The number of aromatic amines is 1. The molecular formula is C26H30N4O5. The van der Waals surface area contributed by atoms with Crippen LogP contribution in [0.25, 0.3) is 10.8 Å². The number of hydrogen-bond acceptors (Lipinski definition) is 6. The van der Waals surface area contributed by atoms with Crippen molar-refractivity contribution >= 4 is 22.6 Å². The van der Waals surface area contributed by atoms with E-state index in [1.165, 1.54) is 6.20 Å². The van der Waals surface area contributed by atoms with Crippen molar-refractivity contribution in [1.29, 1.82) is 0 Å². The number of H-pyrrole nitrogens is 1.